The summed E-state index contributed by atoms with van der Waals surface area (Å²) >= 11 is 0. The van der Waals surface area contributed by atoms with Gasteiger partial charge in [-0.1, -0.05) is 6.92 Å². The normalized spacial score (nSPS) is 36.6. The minimum Gasteiger partial charge on any atom is -0.325 e. The Morgan fingerprint density at radius 3 is 2.47 bits per heavy atom. The zero-order valence-corrected chi connectivity index (χ0v) is 10.7. The van der Waals surface area contributed by atoms with E-state index in [1.165, 1.54) is 25.7 Å². The second-order valence-corrected chi connectivity index (χ2v) is 6.72. The van der Waals surface area contributed by atoms with Crippen molar-refractivity contribution in [3.8, 4) is 0 Å². The highest BCUT2D eigenvalue weighted by molar-refractivity contribution is 5.91. The van der Waals surface area contributed by atoms with Crippen LogP contribution in [0.2, 0.25) is 0 Å². The average molecular weight is 234 g/mol. The van der Waals surface area contributed by atoms with Gasteiger partial charge in [0, 0.05) is 6.54 Å². The highest BCUT2D eigenvalue weighted by atomic mass is 16.2. The summed E-state index contributed by atoms with van der Waals surface area (Å²) in [7, 11) is 0. The van der Waals surface area contributed by atoms with E-state index in [9.17, 15) is 4.79 Å². The van der Waals surface area contributed by atoms with Crippen LogP contribution in [-0.4, -0.2) is 29.1 Å². The fraction of sp³-hybridized carbons (Fsp3) is 0.929. The van der Waals surface area contributed by atoms with Crippen molar-refractivity contribution in [3.63, 3.8) is 0 Å². The number of carbonyl (C=O) groups excluding carboxylic acids is 1. The Morgan fingerprint density at radius 2 is 2.00 bits per heavy atom. The van der Waals surface area contributed by atoms with E-state index in [0.717, 1.165) is 31.7 Å². The second-order valence-electron chi connectivity index (χ2n) is 6.72. The van der Waals surface area contributed by atoms with E-state index in [0.29, 0.717) is 17.5 Å². The van der Waals surface area contributed by atoms with Gasteiger partial charge in [-0.2, -0.15) is 0 Å². The number of amides is 1. The second kappa shape index (κ2) is 3.05. The summed E-state index contributed by atoms with van der Waals surface area (Å²) in [5, 5.41) is 3.58. The van der Waals surface area contributed by atoms with Gasteiger partial charge in [-0.15, -0.1) is 0 Å². The van der Waals surface area contributed by atoms with Crippen LogP contribution in [0.15, 0.2) is 0 Å². The number of hydrogen-bond donors (Lipinski definition) is 1. The highest BCUT2D eigenvalue weighted by Crippen LogP contribution is 2.62. The molecule has 1 N–H and O–H groups in total. The molecule has 1 spiro atoms. The first kappa shape index (κ1) is 10.4. The topological polar surface area (TPSA) is 32.3 Å². The Hall–Kier alpha value is -0.570. The van der Waals surface area contributed by atoms with Crippen LogP contribution in [0.3, 0.4) is 0 Å². The summed E-state index contributed by atoms with van der Waals surface area (Å²) in [4.78, 5) is 14.7. The molecule has 3 aliphatic carbocycles. The van der Waals surface area contributed by atoms with Crippen LogP contribution in [-0.2, 0) is 4.79 Å². The minimum atomic E-state index is -0.111. The molecule has 0 aromatic carbocycles. The van der Waals surface area contributed by atoms with E-state index in [-0.39, 0.29) is 5.54 Å². The molecule has 0 bridgehead atoms. The van der Waals surface area contributed by atoms with Gasteiger partial charge in [-0.05, 0) is 56.3 Å². The van der Waals surface area contributed by atoms with E-state index >= 15 is 0 Å². The smallest absolute Gasteiger partial charge is 0.244 e. The molecule has 1 unspecified atom stereocenters. The van der Waals surface area contributed by atoms with E-state index in [4.69, 9.17) is 0 Å². The highest BCUT2D eigenvalue weighted by Gasteiger charge is 2.62. The van der Waals surface area contributed by atoms with Crippen molar-refractivity contribution in [2.45, 2.75) is 63.6 Å². The molecule has 17 heavy (non-hydrogen) atoms. The summed E-state index contributed by atoms with van der Waals surface area (Å²) in [6.45, 7) is 3.24. The van der Waals surface area contributed by atoms with Gasteiger partial charge >= 0.3 is 0 Å². The number of nitrogens with one attached hydrogen (secondary N) is 1. The van der Waals surface area contributed by atoms with Gasteiger partial charge in [-0.3, -0.25) is 10.1 Å². The number of nitrogens with zero attached hydrogens (tertiary/aromatic N) is 1. The summed E-state index contributed by atoms with van der Waals surface area (Å²) < 4.78 is 0. The van der Waals surface area contributed by atoms with Crippen molar-refractivity contribution in [2.75, 3.05) is 6.54 Å². The summed E-state index contributed by atoms with van der Waals surface area (Å²) in [6, 6.07) is 0. The predicted molar refractivity (Wildman–Crippen MR) is 65.3 cm³/mol. The van der Waals surface area contributed by atoms with Gasteiger partial charge < -0.3 is 4.90 Å². The molecule has 1 saturated heterocycles. The van der Waals surface area contributed by atoms with E-state index in [1.807, 2.05) is 0 Å². The lowest BCUT2D eigenvalue weighted by Gasteiger charge is -2.28. The van der Waals surface area contributed by atoms with E-state index < -0.39 is 0 Å². The van der Waals surface area contributed by atoms with Gasteiger partial charge in [0.2, 0.25) is 5.91 Å². The fourth-order valence-corrected chi connectivity index (χ4v) is 3.75. The van der Waals surface area contributed by atoms with Crippen molar-refractivity contribution in [1.29, 1.82) is 0 Å². The summed E-state index contributed by atoms with van der Waals surface area (Å²) in [5.74, 6) is 1.36. The molecule has 1 aliphatic heterocycles. The lowest BCUT2D eigenvalue weighted by atomic mass is 9.99. The number of hydrogen-bond acceptors (Lipinski definition) is 2. The van der Waals surface area contributed by atoms with Crippen molar-refractivity contribution in [1.82, 2.24) is 10.2 Å². The SMILES string of the molecule is CCC1NC2(CC2)C(=O)N1CC1(C2CC2)CC1. The Kier molecular flexibility index (Phi) is 1.86. The quantitative estimate of drug-likeness (QED) is 0.805. The first-order valence-electron chi connectivity index (χ1n) is 7.28. The molecular formula is C14H22N2O. The molecular weight excluding hydrogens is 212 g/mol. The Bertz CT molecular complexity index is 366. The van der Waals surface area contributed by atoms with Gasteiger partial charge in [0.1, 0.15) is 0 Å². The third kappa shape index (κ3) is 1.41. The molecule has 94 valence electrons. The number of rotatable bonds is 4. The molecule has 4 fully saturated rings. The van der Waals surface area contributed by atoms with Crippen LogP contribution in [0.1, 0.15) is 51.9 Å². The van der Waals surface area contributed by atoms with Gasteiger partial charge in [0.15, 0.2) is 0 Å². The lowest BCUT2D eigenvalue weighted by molar-refractivity contribution is -0.131. The van der Waals surface area contributed by atoms with Crippen LogP contribution in [0.25, 0.3) is 0 Å². The zero-order valence-electron chi connectivity index (χ0n) is 10.7. The molecule has 0 aromatic rings. The largest absolute Gasteiger partial charge is 0.325 e. The maximum atomic E-state index is 12.5. The minimum absolute atomic E-state index is 0.111. The molecule has 4 aliphatic rings. The molecule has 4 rings (SSSR count). The molecule has 1 heterocycles. The summed E-state index contributed by atoms with van der Waals surface area (Å²) in [6.07, 6.45) is 9.06. The van der Waals surface area contributed by atoms with E-state index in [2.05, 4.69) is 17.1 Å². The van der Waals surface area contributed by atoms with Crippen LogP contribution >= 0.6 is 0 Å². The van der Waals surface area contributed by atoms with Crippen LogP contribution < -0.4 is 5.32 Å². The molecule has 3 nitrogen and oxygen atoms in total. The average Bonchev–Trinajstić information content (AvgIpc) is 3.17. The molecule has 0 aromatic heterocycles. The van der Waals surface area contributed by atoms with Crippen LogP contribution in [0, 0.1) is 11.3 Å². The van der Waals surface area contributed by atoms with Crippen molar-refractivity contribution < 1.29 is 4.79 Å². The number of carbonyl (C=O) groups is 1. The van der Waals surface area contributed by atoms with Crippen molar-refractivity contribution >= 4 is 5.91 Å². The van der Waals surface area contributed by atoms with Crippen LogP contribution in [0.4, 0.5) is 0 Å². The maximum absolute atomic E-state index is 12.5. The first-order chi connectivity index (χ1) is 8.19. The monoisotopic (exact) mass is 234 g/mol. The molecule has 0 radical (unpaired) electrons. The third-order valence-electron chi connectivity index (χ3n) is 5.45. The van der Waals surface area contributed by atoms with Gasteiger partial charge in [-0.25, -0.2) is 0 Å². The Balaban J connectivity index is 1.53. The van der Waals surface area contributed by atoms with Crippen LogP contribution in [0.5, 0.6) is 0 Å². The predicted octanol–water partition coefficient (Wildman–Crippen LogP) is 1.88. The van der Waals surface area contributed by atoms with Crippen molar-refractivity contribution in [3.05, 3.63) is 0 Å². The lowest BCUT2D eigenvalue weighted by Crippen LogP contribution is -2.41. The molecule has 3 heteroatoms. The third-order valence-corrected chi connectivity index (χ3v) is 5.45. The van der Waals surface area contributed by atoms with Crippen molar-refractivity contribution in [2.24, 2.45) is 11.3 Å². The van der Waals surface area contributed by atoms with Gasteiger partial charge in [0.25, 0.3) is 0 Å². The van der Waals surface area contributed by atoms with E-state index in [1.54, 1.807) is 0 Å². The molecule has 1 amide bonds. The first-order valence-corrected chi connectivity index (χ1v) is 7.28. The Morgan fingerprint density at radius 1 is 1.29 bits per heavy atom. The molecule has 3 saturated carbocycles. The zero-order chi connectivity index (χ0) is 11.7. The fourth-order valence-electron chi connectivity index (χ4n) is 3.75. The summed E-state index contributed by atoms with van der Waals surface area (Å²) in [5.41, 5.74) is 0.436. The maximum Gasteiger partial charge on any atom is 0.244 e. The Labute approximate surface area is 103 Å². The molecule has 1 atom stereocenters. The standard InChI is InChI=1S/C14H22N2O/c1-2-11-15-14(7-8-14)12(17)16(11)9-13(5-6-13)10-3-4-10/h10-11,15H,2-9H2,1H3. The van der Waals surface area contributed by atoms with Gasteiger partial charge in [0.05, 0.1) is 11.7 Å².